The van der Waals surface area contributed by atoms with Crippen LogP contribution in [0.1, 0.15) is 54.8 Å². The van der Waals surface area contributed by atoms with Gasteiger partial charge in [-0.05, 0) is 43.0 Å². The van der Waals surface area contributed by atoms with Crippen LogP contribution in [0.5, 0.6) is 0 Å². The van der Waals surface area contributed by atoms with E-state index < -0.39 is 11.6 Å². The maximum Gasteiger partial charge on any atom is 0.325 e. The minimum Gasteiger partial charge on any atom is -0.319 e. The quantitative estimate of drug-likeness (QED) is 0.620. The number of rotatable bonds is 5. The van der Waals surface area contributed by atoms with Crippen molar-refractivity contribution in [3.8, 4) is 11.8 Å². The zero-order valence-corrected chi connectivity index (χ0v) is 18.6. The summed E-state index contributed by atoms with van der Waals surface area (Å²) in [6, 6.07) is 18.8. The molecule has 1 aliphatic heterocycles. The van der Waals surface area contributed by atoms with Gasteiger partial charge in [0.2, 0.25) is 0 Å². The number of nitriles is 1. The third-order valence-electron chi connectivity index (χ3n) is 6.01. The smallest absolute Gasteiger partial charge is 0.319 e. The zero-order valence-electron chi connectivity index (χ0n) is 18.6. The standard InChI is InChI=1S/C25H25N5O2/c1-16(2)18-10-12-19(13-11-18)25(4)23(31)29(24(32)27-25)15-22-21(14-26)17(3)28-30(22)20-8-6-5-7-9-20/h5-13,16H,15H2,1-4H3,(H,27,32). The SMILES string of the molecule is Cc1nn(-c2ccccc2)c(CN2C(=O)NC(C)(c3ccc(C(C)C)cc3)C2=O)c1C#N. The third kappa shape index (κ3) is 3.44. The van der Waals surface area contributed by atoms with Gasteiger partial charge in [-0.15, -0.1) is 0 Å². The fourth-order valence-corrected chi connectivity index (χ4v) is 4.04. The number of hydrogen-bond donors (Lipinski definition) is 1. The number of carbonyl (C=O) groups excluding carboxylic acids is 2. The number of aryl methyl sites for hydroxylation is 1. The number of nitrogens with zero attached hydrogens (tertiary/aromatic N) is 4. The summed E-state index contributed by atoms with van der Waals surface area (Å²) in [5.41, 5.74) is 2.87. The Labute approximate surface area is 187 Å². The molecule has 7 heteroatoms. The molecule has 1 fully saturated rings. The second kappa shape index (κ2) is 7.97. The fourth-order valence-electron chi connectivity index (χ4n) is 4.04. The van der Waals surface area contributed by atoms with Gasteiger partial charge in [-0.3, -0.25) is 9.69 Å². The molecule has 162 valence electrons. The van der Waals surface area contributed by atoms with Gasteiger partial charge in [-0.25, -0.2) is 9.48 Å². The fraction of sp³-hybridized carbons (Fsp3) is 0.280. The van der Waals surface area contributed by atoms with Crippen molar-refractivity contribution in [1.82, 2.24) is 20.0 Å². The van der Waals surface area contributed by atoms with Crippen molar-refractivity contribution < 1.29 is 9.59 Å². The van der Waals surface area contributed by atoms with Gasteiger partial charge in [-0.2, -0.15) is 10.4 Å². The number of amides is 3. The highest BCUT2D eigenvalue weighted by atomic mass is 16.2. The van der Waals surface area contributed by atoms with Crippen molar-refractivity contribution in [2.45, 2.75) is 45.7 Å². The molecular weight excluding hydrogens is 402 g/mol. The van der Waals surface area contributed by atoms with E-state index in [0.717, 1.165) is 21.7 Å². The Hall–Kier alpha value is -3.92. The number of hydrogen-bond acceptors (Lipinski definition) is 4. The highest BCUT2D eigenvalue weighted by Crippen LogP contribution is 2.32. The lowest BCUT2D eigenvalue weighted by molar-refractivity contribution is -0.131. The Morgan fingerprint density at radius 3 is 2.34 bits per heavy atom. The third-order valence-corrected chi connectivity index (χ3v) is 6.01. The van der Waals surface area contributed by atoms with E-state index in [2.05, 4.69) is 30.3 Å². The highest BCUT2D eigenvalue weighted by Gasteiger charge is 2.49. The lowest BCUT2D eigenvalue weighted by atomic mass is 9.90. The molecule has 2 aromatic carbocycles. The van der Waals surface area contributed by atoms with Gasteiger partial charge in [0.05, 0.1) is 29.2 Å². The van der Waals surface area contributed by atoms with E-state index in [1.54, 1.807) is 18.5 Å². The van der Waals surface area contributed by atoms with Crippen LogP contribution in [0.15, 0.2) is 54.6 Å². The molecule has 0 saturated carbocycles. The van der Waals surface area contributed by atoms with Gasteiger partial charge < -0.3 is 5.32 Å². The number of aromatic nitrogens is 2. The Bertz CT molecular complexity index is 1220. The van der Waals surface area contributed by atoms with Crippen LogP contribution in [0.25, 0.3) is 5.69 Å². The first kappa shape index (κ1) is 21.3. The molecule has 0 aliphatic carbocycles. The molecule has 3 amide bonds. The van der Waals surface area contributed by atoms with Crippen LogP contribution < -0.4 is 5.32 Å². The first-order valence-corrected chi connectivity index (χ1v) is 10.5. The van der Waals surface area contributed by atoms with Crippen LogP contribution >= 0.6 is 0 Å². The number of urea groups is 1. The molecule has 4 rings (SSSR count). The van der Waals surface area contributed by atoms with Crippen molar-refractivity contribution in [2.24, 2.45) is 0 Å². The first-order chi connectivity index (χ1) is 15.3. The molecule has 1 aromatic heterocycles. The monoisotopic (exact) mass is 427 g/mol. The Kier molecular flexibility index (Phi) is 5.31. The van der Waals surface area contributed by atoms with Crippen LogP contribution in [-0.2, 0) is 16.9 Å². The molecule has 7 nitrogen and oxygen atoms in total. The zero-order chi connectivity index (χ0) is 23.0. The largest absolute Gasteiger partial charge is 0.325 e. The Balaban J connectivity index is 1.70. The van der Waals surface area contributed by atoms with E-state index in [0.29, 0.717) is 22.9 Å². The average Bonchev–Trinajstić information content (AvgIpc) is 3.22. The summed E-state index contributed by atoms with van der Waals surface area (Å²) in [5, 5.41) is 17.0. The minimum atomic E-state index is -1.17. The van der Waals surface area contributed by atoms with Crippen molar-refractivity contribution in [1.29, 1.82) is 5.26 Å². The summed E-state index contributed by atoms with van der Waals surface area (Å²) in [5.74, 6) is 0.00953. The minimum absolute atomic E-state index is 0.0526. The number of carbonyl (C=O) groups is 2. The van der Waals surface area contributed by atoms with Crippen LogP contribution in [0.3, 0.4) is 0 Å². The van der Waals surface area contributed by atoms with Gasteiger partial charge >= 0.3 is 6.03 Å². The number of benzene rings is 2. The summed E-state index contributed by atoms with van der Waals surface area (Å²) in [7, 11) is 0. The molecule has 32 heavy (non-hydrogen) atoms. The van der Waals surface area contributed by atoms with Gasteiger partial charge in [0.1, 0.15) is 11.6 Å². The molecule has 1 saturated heterocycles. The molecule has 3 aromatic rings. The summed E-state index contributed by atoms with van der Waals surface area (Å²) in [4.78, 5) is 27.5. The van der Waals surface area contributed by atoms with Crippen molar-refractivity contribution >= 4 is 11.9 Å². The van der Waals surface area contributed by atoms with Crippen LogP contribution in [0, 0.1) is 18.3 Å². The molecule has 1 aliphatic rings. The predicted molar refractivity (Wildman–Crippen MR) is 120 cm³/mol. The van der Waals surface area contributed by atoms with Gasteiger partial charge in [0.25, 0.3) is 5.91 Å². The van der Waals surface area contributed by atoms with Crippen LogP contribution in [0.4, 0.5) is 4.79 Å². The molecule has 1 N–H and O–H groups in total. The predicted octanol–water partition coefficient (Wildman–Crippen LogP) is 4.14. The van der Waals surface area contributed by atoms with Crippen LogP contribution in [-0.4, -0.2) is 26.6 Å². The average molecular weight is 428 g/mol. The highest BCUT2D eigenvalue weighted by molar-refractivity contribution is 6.07. The van der Waals surface area contributed by atoms with E-state index in [9.17, 15) is 14.9 Å². The molecule has 0 bridgehead atoms. The van der Waals surface area contributed by atoms with Crippen molar-refractivity contribution in [3.63, 3.8) is 0 Å². The summed E-state index contributed by atoms with van der Waals surface area (Å²) in [6.07, 6.45) is 0. The number of nitrogens with one attached hydrogen (secondary N) is 1. The topological polar surface area (TPSA) is 91.0 Å². The van der Waals surface area contributed by atoms with Gasteiger partial charge in [0.15, 0.2) is 0 Å². The lowest BCUT2D eigenvalue weighted by Crippen LogP contribution is -2.40. The second-order valence-corrected chi connectivity index (χ2v) is 8.49. The summed E-state index contributed by atoms with van der Waals surface area (Å²) >= 11 is 0. The van der Waals surface area contributed by atoms with Crippen LogP contribution in [0.2, 0.25) is 0 Å². The molecule has 1 atom stereocenters. The van der Waals surface area contributed by atoms with E-state index in [1.165, 1.54) is 0 Å². The summed E-state index contributed by atoms with van der Waals surface area (Å²) in [6.45, 7) is 7.61. The van der Waals surface area contributed by atoms with Gasteiger partial charge in [-0.1, -0.05) is 56.3 Å². The van der Waals surface area contributed by atoms with E-state index in [1.807, 2.05) is 54.6 Å². The lowest BCUT2D eigenvalue weighted by Gasteiger charge is -2.23. The summed E-state index contributed by atoms with van der Waals surface area (Å²) < 4.78 is 1.63. The van der Waals surface area contributed by atoms with E-state index >= 15 is 0 Å². The van der Waals surface area contributed by atoms with E-state index in [4.69, 9.17) is 0 Å². The number of imide groups is 1. The van der Waals surface area contributed by atoms with E-state index in [-0.39, 0.29) is 12.5 Å². The molecule has 1 unspecified atom stereocenters. The van der Waals surface area contributed by atoms with Crippen molar-refractivity contribution in [3.05, 3.63) is 82.7 Å². The van der Waals surface area contributed by atoms with Crippen molar-refractivity contribution in [2.75, 3.05) is 0 Å². The molecule has 2 heterocycles. The molecular formula is C25H25N5O2. The Morgan fingerprint density at radius 2 is 1.75 bits per heavy atom. The Morgan fingerprint density at radius 1 is 1.09 bits per heavy atom. The molecule has 0 radical (unpaired) electrons. The normalized spacial score (nSPS) is 18.2. The number of para-hydroxylation sites is 1. The second-order valence-electron chi connectivity index (χ2n) is 8.49. The maximum absolute atomic E-state index is 13.4. The maximum atomic E-state index is 13.4. The first-order valence-electron chi connectivity index (χ1n) is 10.5. The van der Waals surface area contributed by atoms with Gasteiger partial charge in [0, 0.05) is 0 Å². The molecule has 0 spiro atoms.